The van der Waals surface area contributed by atoms with E-state index in [1.807, 2.05) is 6.07 Å². The van der Waals surface area contributed by atoms with Gasteiger partial charge in [0.2, 0.25) is 0 Å². The van der Waals surface area contributed by atoms with Gasteiger partial charge in [0.05, 0.1) is 16.1 Å². The lowest BCUT2D eigenvalue weighted by Gasteiger charge is -2.33. The number of likely N-dealkylation sites (tertiary alicyclic amines) is 1. The second-order valence-corrected chi connectivity index (χ2v) is 9.69. The van der Waals surface area contributed by atoms with Gasteiger partial charge in [-0.2, -0.15) is 0 Å². The van der Waals surface area contributed by atoms with Crippen LogP contribution in [0.3, 0.4) is 0 Å². The van der Waals surface area contributed by atoms with E-state index in [9.17, 15) is 22.4 Å². The molecule has 7 nitrogen and oxygen atoms in total. The van der Waals surface area contributed by atoms with Crippen LogP contribution in [0.5, 0.6) is 0 Å². The molecule has 176 valence electrons. The van der Waals surface area contributed by atoms with Crippen molar-refractivity contribution in [1.29, 1.82) is 0 Å². The van der Waals surface area contributed by atoms with E-state index in [0.717, 1.165) is 24.3 Å². The molecule has 1 heterocycles. The first-order chi connectivity index (χ1) is 16.3. The van der Waals surface area contributed by atoms with Gasteiger partial charge >= 0.3 is 0 Å². The Bertz CT molecular complexity index is 1270. The number of piperidine rings is 1. The Morgan fingerprint density at radius 2 is 1.47 bits per heavy atom. The van der Waals surface area contributed by atoms with E-state index >= 15 is 0 Å². The number of carbonyl (C=O) groups excluding carboxylic acids is 2. The molecule has 0 atom stereocenters. The van der Waals surface area contributed by atoms with Crippen LogP contribution in [0.4, 0.5) is 10.1 Å². The fourth-order valence-corrected chi connectivity index (χ4v) is 4.91. The van der Waals surface area contributed by atoms with Gasteiger partial charge in [-0.3, -0.25) is 14.3 Å². The predicted octanol–water partition coefficient (Wildman–Crippen LogP) is 3.66. The smallest absolute Gasteiger partial charge is 0.261 e. The number of sulfonamides is 1. The number of carbonyl (C=O) groups is 2. The van der Waals surface area contributed by atoms with Crippen LogP contribution in [0, 0.1) is 5.82 Å². The van der Waals surface area contributed by atoms with E-state index in [-0.39, 0.29) is 34.0 Å². The first kappa shape index (κ1) is 23.4. The minimum atomic E-state index is -4.00. The van der Waals surface area contributed by atoms with Gasteiger partial charge in [-0.15, -0.1) is 0 Å². The Morgan fingerprint density at radius 1 is 0.853 bits per heavy atom. The first-order valence-electron chi connectivity index (χ1n) is 10.9. The molecule has 1 aliphatic heterocycles. The van der Waals surface area contributed by atoms with Crippen LogP contribution in [0.15, 0.2) is 83.8 Å². The first-order valence-corrected chi connectivity index (χ1v) is 12.3. The van der Waals surface area contributed by atoms with E-state index in [4.69, 9.17) is 0 Å². The van der Waals surface area contributed by atoms with E-state index in [1.165, 1.54) is 6.07 Å². The molecule has 1 aliphatic rings. The van der Waals surface area contributed by atoms with Gasteiger partial charge in [-0.05, 0) is 61.4 Å². The molecule has 2 amide bonds. The Balaban J connectivity index is 1.41. The summed E-state index contributed by atoms with van der Waals surface area (Å²) in [5.41, 5.74) is 0.958. The summed E-state index contributed by atoms with van der Waals surface area (Å²) >= 11 is 0. The molecule has 0 saturated carbocycles. The third-order valence-corrected chi connectivity index (χ3v) is 7.06. The van der Waals surface area contributed by atoms with Gasteiger partial charge in [0, 0.05) is 24.7 Å². The quantitative estimate of drug-likeness (QED) is 0.562. The monoisotopic (exact) mass is 481 g/mol. The highest BCUT2D eigenvalue weighted by atomic mass is 32.2. The molecule has 0 aromatic heterocycles. The number of halogens is 1. The minimum Gasteiger partial charge on any atom is -0.349 e. The fourth-order valence-electron chi connectivity index (χ4n) is 3.83. The highest BCUT2D eigenvalue weighted by Gasteiger charge is 2.27. The lowest BCUT2D eigenvalue weighted by atomic mass is 10.0. The lowest BCUT2D eigenvalue weighted by Crippen LogP contribution is -2.46. The highest BCUT2D eigenvalue weighted by molar-refractivity contribution is 7.92. The van der Waals surface area contributed by atoms with E-state index < -0.39 is 15.8 Å². The Kier molecular flexibility index (Phi) is 6.93. The number of rotatable bonds is 6. The Labute approximate surface area is 197 Å². The Hall–Kier alpha value is -3.72. The van der Waals surface area contributed by atoms with Gasteiger partial charge in [-0.25, -0.2) is 12.8 Å². The molecule has 1 fully saturated rings. The third kappa shape index (κ3) is 5.43. The van der Waals surface area contributed by atoms with Crippen molar-refractivity contribution in [1.82, 2.24) is 10.2 Å². The maximum atomic E-state index is 13.2. The summed E-state index contributed by atoms with van der Waals surface area (Å²) in [7, 11) is -4.00. The fraction of sp³-hybridized carbons (Fsp3) is 0.200. The number of nitrogens with one attached hydrogen (secondary N) is 2. The molecule has 0 spiro atoms. The normalized spacial score (nSPS) is 14.4. The SMILES string of the molecule is O=C(NC1CCN(C(=O)c2ccccc2NS(=O)(=O)c2ccc(F)cc2)CC1)c1ccccc1. The zero-order chi connectivity index (χ0) is 24.1. The molecule has 1 saturated heterocycles. The van der Waals surface area contributed by atoms with Crippen molar-refractivity contribution in [3.63, 3.8) is 0 Å². The number of anilines is 1. The maximum absolute atomic E-state index is 13.2. The number of hydrogen-bond donors (Lipinski definition) is 2. The van der Waals surface area contributed by atoms with Crippen molar-refractivity contribution < 1.29 is 22.4 Å². The summed E-state index contributed by atoms with van der Waals surface area (Å²) in [6, 6.07) is 19.7. The van der Waals surface area contributed by atoms with Gasteiger partial charge < -0.3 is 10.2 Å². The lowest BCUT2D eigenvalue weighted by molar-refractivity contribution is 0.0699. The predicted molar refractivity (Wildman–Crippen MR) is 126 cm³/mol. The topological polar surface area (TPSA) is 95.6 Å². The van der Waals surface area contributed by atoms with Crippen molar-refractivity contribution in [3.8, 4) is 0 Å². The number of nitrogens with zero attached hydrogens (tertiary/aromatic N) is 1. The van der Waals surface area contributed by atoms with Crippen molar-refractivity contribution in [2.75, 3.05) is 17.8 Å². The maximum Gasteiger partial charge on any atom is 0.261 e. The number of para-hydroxylation sites is 1. The zero-order valence-corrected chi connectivity index (χ0v) is 19.1. The van der Waals surface area contributed by atoms with E-state index in [2.05, 4.69) is 10.0 Å². The van der Waals surface area contributed by atoms with Gasteiger partial charge in [0.1, 0.15) is 5.82 Å². The van der Waals surface area contributed by atoms with Gasteiger partial charge in [0.25, 0.3) is 21.8 Å². The number of hydrogen-bond acceptors (Lipinski definition) is 4. The van der Waals surface area contributed by atoms with E-state index in [0.29, 0.717) is 31.5 Å². The van der Waals surface area contributed by atoms with Crippen molar-refractivity contribution >= 4 is 27.5 Å². The van der Waals surface area contributed by atoms with Crippen LogP contribution >= 0.6 is 0 Å². The largest absolute Gasteiger partial charge is 0.349 e. The minimum absolute atomic E-state index is 0.0519. The highest BCUT2D eigenvalue weighted by Crippen LogP contribution is 2.23. The average Bonchev–Trinajstić information content (AvgIpc) is 2.85. The summed E-state index contributed by atoms with van der Waals surface area (Å²) in [4.78, 5) is 27.1. The zero-order valence-electron chi connectivity index (χ0n) is 18.3. The molecule has 34 heavy (non-hydrogen) atoms. The van der Waals surface area contributed by atoms with Crippen molar-refractivity contribution in [3.05, 3.63) is 95.8 Å². The van der Waals surface area contributed by atoms with Crippen LogP contribution < -0.4 is 10.0 Å². The van der Waals surface area contributed by atoms with Crippen LogP contribution in [0.25, 0.3) is 0 Å². The number of benzene rings is 3. The van der Waals surface area contributed by atoms with Crippen molar-refractivity contribution in [2.24, 2.45) is 0 Å². The van der Waals surface area contributed by atoms with Crippen LogP contribution in [-0.4, -0.2) is 44.3 Å². The van der Waals surface area contributed by atoms with Crippen molar-refractivity contribution in [2.45, 2.75) is 23.8 Å². The molecular weight excluding hydrogens is 457 g/mol. The molecule has 3 aromatic rings. The summed E-state index contributed by atoms with van der Waals surface area (Å²) < 4.78 is 41.1. The summed E-state index contributed by atoms with van der Waals surface area (Å²) in [6.45, 7) is 0.856. The van der Waals surface area contributed by atoms with Crippen LogP contribution in [0.1, 0.15) is 33.6 Å². The molecule has 0 aliphatic carbocycles. The summed E-state index contributed by atoms with van der Waals surface area (Å²) in [5, 5.41) is 3.00. The van der Waals surface area contributed by atoms with E-state index in [1.54, 1.807) is 47.4 Å². The van der Waals surface area contributed by atoms with Gasteiger partial charge in [0.15, 0.2) is 0 Å². The van der Waals surface area contributed by atoms with Crippen LogP contribution in [0.2, 0.25) is 0 Å². The average molecular weight is 482 g/mol. The third-order valence-electron chi connectivity index (χ3n) is 5.68. The second-order valence-electron chi connectivity index (χ2n) is 8.01. The molecule has 3 aromatic carbocycles. The Morgan fingerprint density at radius 3 is 2.15 bits per heavy atom. The molecule has 0 radical (unpaired) electrons. The number of amides is 2. The molecule has 4 rings (SSSR count). The summed E-state index contributed by atoms with van der Waals surface area (Å²) in [6.07, 6.45) is 1.18. The second kappa shape index (κ2) is 10.0. The van der Waals surface area contributed by atoms with Crippen LogP contribution in [-0.2, 0) is 10.0 Å². The molecule has 0 unspecified atom stereocenters. The molecular formula is C25H24FN3O4S. The van der Waals surface area contributed by atoms with Gasteiger partial charge in [-0.1, -0.05) is 30.3 Å². The standard InChI is InChI=1S/C25H24FN3O4S/c26-19-10-12-21(13-11-19)34(32,33)28-23-9-5-4-8-22(23)25(31)29-16-14-20(15-17-29)27-24(30)18-6-2-1-3-7-18/h1-13,20,28H,14-17H2,(H,27,30). The summed E-state index contributed by atoms with van der Waals surface area (Å²) in [5.74, 6) is -0.992. The molecule has 0 bridgehead atoms. The molecule has 2 N–H and O–H groups in total. The molecule has 9 heteroatoms.